The lowest BCUT2D eigenvalue weighted by Crippen LogP contribution is -2.43. The predicted octanol–water partition coefficient (Wildman–Crippen LogP) is 2.78. The van der Waals surface area contributed by atoms with Gasteiger partial charge in [-0.3, -0.25) is 14.7 Å². The summed E-state index contributed by atoms with van der Waals surface area (Å²) >= 11 is 5.96. The van der Waals surface area contributed by atoms with Crippen LogP contribution in [0.5, 0.6) is 0 Å². The van der Waals surface area contributed by atoms with Crippen LogP contribution in [-0.4, -0.2) is 66.4 Å². The lowest BCUT2D eigenvalue weighted by atomic mass is 10.1. The number of aromatic nitrogens is 1. The van der Waals surface area contributed by atoms with Crippen LogP contribution in [0.3, 0.4) is 0 Å². The van der Waals surface area contributed by atoms with E-state index in [-0.39, 0.29) is 36.0 Å². The molecule has 1 saturated heterocycles. The molecule has 0 unspecified atom stereocenters. The van der Waals surface area contributed by atoms with Gasteiger partial charge in [0.2, 0.25) is 0 Å². The number of carbonyl (C=O) groups excluding carboxylic acids is 2. The highest BCUT2D eigenvalue weighted by Crippen LogP contribution is 2.26. The third kappa shape index (κ3) is 4.95. The fraction of sp³-hybridized carbons (Fsp3) is 0.381. The number of urea groups is 1. The zero-order valence-electron chi connectivity index (χ0n) is 17.0. The summed E-state index contributed by atoms with van der Waals surface area (Å²) in [5.41, 5.74) is 6.86. The number of halogens is 2. The SMILES string of the molecule is CN(C)[C@H]1CCN(C(=O)N(Cc2ccc(C(=O)CN)cn2)c2ccc(F)c(Cl)c2)C1. The number of Topliss-reactive ketones (excluding diaryl/α,β-unsaturated/α-hetero) is 1. The maximum absolute atomic E-state index is 13.7. The Hall–Kier alpha value is -2.55. The summed E-state index contributed by atoms with van der Waals surface area (Å²) in [6.07, 6.45) is 2.33. The van der Waals surface area contributed by atoms with Crippen LogP contribution in [0.4, 0.5) is 14.9 Å². The van der Waals surface area contributed by atoms with Crippen molar-refractivity contribution in [3.05, 3.63) is 58.6 Å². The number of benzene rings is 1. The number of hydrogen-bond donors (Lipinski definition) is 1. The number of likely N-dealkylation sites (tertiary alicyclic amines) is 1. The number of carbonyl (C=O) groups is 2. The van der Waals surface area contributed by atoms with Crippen molar-refractivity contribution in [3.63, 3.8) is 0 Å². The zero-order chi connectivity index (χ0) is 21.8. The molecule has 2 amide bonds. The van der Waals surface area contributed by atoms with E-state index in [4.69, 9.17) is 17.3 Å². The summed E-state index contributed by atoms with van der Waals surface area (Å²) < 4.78 is 13.7. The fourth-order valence-electron chi connectivity index (χ4n) is 3.39. The number of ketones is 1. The highest BCUT2D eigenvalue weighted by molar-refractivity contribution is 6.31. The van der Waals surface area contributed by atoms with Gasteiger partial charge in [0.25, 0.3) is 0 Å². The Bertz CT molecular complexity index is 922. The number of rotatable bonds is 6. The molecule has 0 aliphatic carbocycles. The molecule has 0 bridgehead atoms. The topological polar surface area (TPSA) is 82.8 Å². The standard InChI is InChI=1S/C21H25ClFN5O2/c1-26(2)17-7-8-27(13-17)21(30)28(16-5-6-19(23)18(22)9-16)12-15-4-3-14(11-25-15)20(29)10-24/h3-6,9,11,17H,7-8,10,12-13,24H2,1-2H3/t17-/m0/s1. The van der Waals surface area contributed by atoms with Gasteiger partial charge in [0.1, 0.15) is 5.82 Å². The molecule has 2 heterocycles. The van der Waals surface area contributed by atoms with Gasteiger partial charge in [-0.15, -0.1) is 0 Å². The van der Waals surface area contributed by atoms with E-state index in [0.29, 0.717) is 30.0 Å². The fourth-order valence-corrected chi connectivity index (χ4v) is 3.57. The smallest absolute Gasteiger partial charge is 0.324 e. The van der Waals surface area contributed by atoms with Crippen molar-refractivity contribution in [2.24, 2.45) is 5.73 Å². The Morgan fingerprint density at radius 2 is 2.07 bits per heavy atom. The van der Waals surface area contributed by atoms with Gasteiger partial charge in [-0.05, 0) is 50.8 Å². The summed E-state index contributed by atoms with van der Waals surface area (Å²) in [4.78, 5) is 34.7. The van der Waals surface area contributed by atoms with Crippen molar-refractivity contribution in [1.82, 2.24) is 14.8 Å². The Morgan fingerprint density at radius 3 is 2.63 bits per heavy atom. The van der Waals surface area contributed by atoms with Crippen LogP contribution in [0.25, 0.3) is 0 Å². The normalized spacial score (nSPS) is 16.2. The molecule has 1 aromatic heterocycles. The molecule has 30 heavy (non-hydrogen) atoms. The minimum absolute atomic E-state index is 0.0604. The average Bonchev–Trinajstić information content (AvgIpc) is 3.24. The molecule has 1 aliphatic rings. The molecule has 2 aromatic rings. The van der Waals surface area contributed by atoms with E-state index in [1.165, 1.54) is 29.3 Å². The first kappa shape index (κ1) is 22.1. The summed E-state index contributed by atoms with van der Waals surface area (Å²) in [6.45, 7) is 1.29. The summed E-state index contributed by atoms with van der Waals surface area (Å²) in [7, 11) is 3.98. The van der Waals surface area contributed by atoms with E-state index in [0.717, 1.165) is 6.42 Å². The number of hydrogen-bond acceptors (Lipinski definition) is 5. The molecule has 1 fully saturated rings. The first-order valence-corrected chi connectivity index (χ1v) is 10.0. The van der Waals surface area contributed by atoms with Crippen LogP contribution in [0, 0.1) is 5.82 Å². The van der Waals surface area contributed by atoms with E-state index < -0.39 is 5.82 Å². The van der Waals surface area contributed by atoms with E-state index in [9.17, 15) is 14.0 Å². The number of amides is 2. The van der Waals surface area contributed by atoms with Gasteiger partial charge in [0.15, 0.2) is 5.78 Å². The molecule has 9 heteroatoms. The largest absolute Gasteiger partial charge is 0.324 e. The lowest BCUT2D eigenvalue weighted by molar-refractivity contribution is 0.100. The number of nitrogens with two attached hydrogens (primary N) is 1. The molecule has 160 valence electrons. The third-order valence-corrected chi connectivity index (χ3v) is 5.55. The molecule has 0 radical (unpaired) electrons. The second-order valence-corrected chi connectivity index (χ2v) is 7.89. The van der Waals surface area contributed by atoms with Crippen LogP contribution >= 0.6 is 11.6 Å². The molecule has 0 spiro atoms. The Labute approximate surface area is 180 Å². The lowest BCUT2D eigenvalue weighted by Gasteiger charge is -2.29. The molecule has 1 aromatic carbocycles. The summed E-state index contributed by atoms with van der Waals surface area (Å²) in [5, 5.41) is -0.0604. The first-order valence-electron chi connectivity index (χ1n) is 9.66. The van der Waals surface area contributed by atoms with Crippen molar-refractivity contribution in [2.75, 3.05) is 38.6 Å². The maximum Gasteiger partial charge on any atom is 0.324 e. The molecule has 1 atom stereocenters. The molecule has 1 aliphatic heterocycles. The minimum Gasteiger partial charge on any atom is -0.324 e. The predicted molar refractivity (Wildman–Crippen MR) is 114 cm³/mol. The number of anilines is 1. The van der Waals surface area contributed by atoms with Crippen LogP contribution in [0.15, 0.2) is 36.5 Å². The van der Waals surface area contributed by atoms with Crippen molar-refractivity contribution in [3.8, 4) is 0 Å². The van der Waals surface area contributed by atoms with Crippen LogP contribution < -0.4 is 10.6 Å². The van der Waals surface area contributed by atoms with Gasteiger partial charge >= 0.3 is 6.03 Å². The van der Waals surface area contributed by atoms with Crippen LogP contribution in [0.1, 0.15) is 22.5 Å². The van der Waals surface area contributed by atoms with Gasteiger partial charge in [0.05, 0.1) is 23.8 Å². The molecular formula is C21H25ClFN5O2. The van der Waals surface area contributed by atoms with Crippen LogP contribution in [-0.2, 0) is 6.54 Å². The van der Waals surface area contributed by atoms with Gasteiger partial charge in [-0.1, -0.05) is 11.6 Å². The zero-order valence-corrected chi connectivity index (χ0v) is 17.8. The van der Waals surface area contributed by atoms with Crippen molar-refractivity contribution in [1.29, 1.82) is 0 Å². The highest BCUT2D eigenvalue weighted by atomic mass is 35.5. The number of likely N-dealkylation sites (N-methyl/N-ethyl adjacent to an activating group) is 1. The third-order valence-electron chi connectivity index (χ3n) is 5.26. The molecule has 2 N–H and O–H groups in total. The van der Waals surface area contributed by atoms with E-state index >= 15 is 0 Å². The van der Waals surface area contributed by atoms with E-state index in [1.807, 2.05) is 14.1 Å². The minimum atomic E-state index is -0.551. The van der Waals surface area contributed by atoms with Crippen molar-refractivity contribution < 1.29 is 14.0 Å². The van der Waals surface area contributed by atoms with Gasteiger partial charge in [-0.25, -0.2) is 9.18 Å². The second kappa shape index (κ2) is 9.51. The quantitative estimate of drug-likeness (QED) is 0.708. The van der Waals surface area contributed by atoms with Crippen molar-refractivity contribution in [2.45, 2.75) is 19.0 Å². The first-order chi connectivity index (χ1) is 14.3. The van der Waals surface area contributed by atoms with E-state index in [1.54, 1.807) is 17.0 Å². The Kier molecular flexibility index (Phi) is 7.02. The Morgan fingerprint density at radius 1 is 1.30 bits per heavy atom. The summed E-state index contributed by atoms with van der Waals surface area (Å²) in [6, 6.07) is 7.58. The molecule has 0 saturated carbocycles. The van der Waals surface area contributed by atoms with Gasteiger partial charge in [0, 0.05) is 36.6 Å². The monoisotopic (exact) mass is 433 g/mol. The molecule has 7 nitrogen and oxygen atoms in total. The second-order valence-electron chi connectivity index (χ2n) is 7.48. The van der Waals surface area contributed by atoms with Gasteiger partial charge in [-0.2, -0.15) is 0 Å². The molecular weight excluding hydrogens is 409 g/mol. The van der Waals surface area contributed by atoms with Crippen LogP contribution in [0.2, 0.25) is 5.02 Å². The average molecular weight is 434 g/mol. The Balaban J connectivity index is 1.87. The molecule has 3 rings (SSSR count). The van der Waals surface area contributed by atoms with E-state index in [2.05, 4.69) is 9.88 Å². The summed E-state index contributed by atoms with van der Waals surface area (Å²) in [5.74, 6) is -0.761. The highest BCUT2D eigenvalue weighted by Gasteiger charge is 2.31. The van der Waals surface area contributed by atoms with Crippen molar-refractivity contribution >= 4 is 29.1 Å². The number of pyridine rings is 1. The van der Waals surface area contributed by atoms with Gasteiger partial charge < -0.3 is 15.5 Å². The number of nitrogens with zero attached hydrogens (tertiary/aromatic N) is 4. The maximum atomic E-state index is 13.7.